The van der Waals surface area contributed by atoms with Gasteiger partial charge in [0.1, 0.15) is 5.75 Å². The van der Waals surface area contributed by atoms with Crippen molar-refractivity contribution in [2.75, 3.05) is 18.0 Å². The SMILES string of the molecule is CC1C2=CN3CCc4c([nH]c5ccc(O)cc45)C3CC2CC2NCCC3c4ccccc4N1C23. The number of nitrogens with one attached hydrogen (secondary N) is 2. The first kappa shape index (κ1) is 19.4. The van der Waals surface area contributed by atoms with E-state index in [1.807, 2.05) is 12.1 Å². The number of phenolic OH excluding ortho intramolecular Hbond substituents is 1. The number of benzene rings is 2. The Hall–Kier alpha value is -2.92. The van der Waals surface area contributed by atoms with E-state index in [-0.39, 0.29) is 0 Å². The molecule has 6 unspecified atom stereocenters. The number of H-pyrrole nitrogens is 1. The highest BCUT2D eigenvalue weighted by Gasteiger charge is 2.51. The molecular formula is C29H32N4O. The van der Waals surface area contributed by atoms with Gasteiger partial charge in [0.25, 0.3) is 0 Å². The number of para-hydroxylation sites is 1. The minimum absolute atomic E-state index is 0.360. The zero-order valence-corrected chi connectivity index (χ0v) is 19.7. The summed E-state index contributed by atoms with van der Waals surface area (Å²) in [5.41, 5.74) is 8.61. The molecule has 5 aliphatic rings. The molecule has 2 aromatic carbocycles. The molecule has 174 valence electrons. The lowest BCUT2D eigenvalue weighted by Crippen LogP contribution is -2.55. The average molecular weight is 453 g/mol. The molecule has 5 nitrogen and oxygen atoms in total. The second kappa shape index (κ2) is 6.82. The lowest BCUT2D eigenvalue weighted by Gasteiger charge is -2.44. The van der Waals surface area contributed by atoms with Gasteiger partial charge in [-0.3, -0.25) is 0 Å². The van der Waals surface area contributed by atoms with Gasteiger partial charge in [0.15, 0.2) is 0 Å². The molecule has 8 rings (SSSR count). The van der Waals surface area contributed by atoms with E-state index in [9.17, 15) is 5.11 Å². The molecule has 3 aromatic rings. The summed E-state index contributed by atoms with van der Waals surface area (Å²) in [6.07, 6.45) is 7.21. The van der Waals surface area contributed by atoms with Gasteiger partial charge < -0.3 is 25.2 Å². The van der Waals surface area contributed by atoms with Crippen LogP contribution in [0.25, 0.3) is 10.9 Å². The molecule has 0 aliphatic carbocycles. The van der Waals surface area contributed by atoms with Crippen molar-refractivity contribution in [3.8, 4) is 5.75 Å². The molecule has 0 radical (unpaired) electrons. The number of rotatable bonds is 0. The van der Waals surface area contributed by atoms with E-state index in [0.717, 1.165) is 25.0 Å². The molecular weight excluding hydrogens is 420 g/mol. The number of hydrogen-bond acceptors (Lipinski definition) is 4. The summed E-state index contributed by atoms with van der Waals surface area (Å²) in [5, 5.41) is 15.2. The van der Waals surface area contributed by atoms with Gasteiger partial charge in [-0.15, -0.1) is 0 Å². The third-order valence-corrected chi connectivity index (χ3v) is 9.63. The third kappa shape index (κ3) is 2.48. The molecule has 2 saturated heterocycles. The van der Waals surface area contributed by atoms with Gasteiger partial charge in [0.05, 0.1) is 12.1 Å². The van der Waals surface area contributed by atoms with Gasteiger partial charge >= 0.3 is 0 Å². The summed E-state index contributed by atoms with van der Waals surface area (Å²) in [6.45, 7) is 4.63. The number of aromatic nitrogens is 1. The second-order valence-electron chi connectivity index (χ2n) is 11.1. The van der Waals surface area contributed by atoms with Crippen LogP contribution in [0, 0.1) is 5.92 Å². The molecule has 0 bridgehead atoms. The Morgan fingerprint density at radius 3 is 2.94 bits per heavy atom. The monoisotopic (exact) mass is 452 g/mol. The molecule has 3 N–H and O–H groups in total. The highest BCUT2D eigenvalue weighted by Crippen LogP contribution is 2.53. The lowest BCUT2D eigenvalue weighted by atomic mass is 9.77. The van der Waals surface area contributed by atoms with E-state index >= 15 is 0 Å². The van der Waals surface area contributed by atoms with E-state index in [1.54, 1.807) is 17.2 Å². The summed E-state index contributed by atoms with van der Waals surface area (Å²) >= 11 is 0. The van der Waals surface area contributed by atoms with Crippen molar-refractivity contribution in [3.05, 3.63) is 71.1 Å². The summed E-state index contributed by atoms with van der Waals surface area (Å²) in [6, 6.07) is 16.9. The Balaban J connectivity index is 1.23. The molecule has 6 atom stereocenters. The zero-order chi connectivity index (χ0) is 22.6. The van der Waals surface area contributed by atoms with E-state index in [1.165, 1.54) is 41.6 Å². The second-order valence-corrected chi connectivity index (χ2v) is 11.1. The Morgan fingerprint density at radius 2 is 2.00 bits per heavy atom. The number of fused-ring (bicyclic) bond motifs is 9. The van der Waals surface area contributed by atoms with Gasteiger partial charge in [0.2, 0.25) is 0 Å². The van der Waals surface area contributed by atoms with Crippen LogP contribution in [-0.2, 0) is 6.42 Å². The molecule has 6 heterocycles. The molecule has 1 aromatic heterocycles. The largest absolute Gasteiger partial charge is 0.508 e. The average Bonchev–Trinajstić information content (AvgIpc) is 3.36. The molecule has 5 heteroatoms. The molecule has 34 heavy (non-hydrogen) atoms. The van der Waals surface area contributed by atoms with Crippen LogP contribution >= 0.6 is 0 Å². The Bertz CT molecular complexity index is 1340. The topological polar surface area (TPSA) is 54.5 Å². The summed E-state index contributed by atoms with van der Waals surface area (Å²) in [7, 11) is 0. The molecule has 0 amide bonds. The van der Waals surface area contributed by atoms with Crippen LogP contribution in [0.2, 0.25) is 0 Å². The predicted molar refractivity (Wildman–Crippen MR) is 135 cm³/mol. The maximum absolute atomic E-state index is 10.1. The minimum atomic E-state index is 0.360. The molecule has 0 saturated carbocycles. The Kier molecular flexibility index (Phi) is 3.89. The fourth-order valence-electron chi connectivity index (χ4n) is 8.24. The number of piperidine rings is 1. The number of aromatic hydroxyl groups is 1. The lowest BCUT2D eigenvalue weighted by molar-refractivity contribution is 0.189. The van der Waals surface area contributed by atoms with E-state index in [2.05, 4.69) is 57.5 Å². The summed E-state index contributed by atoms with van der Waals surface area (Å²) in [5.74, 6) is 1.61. The van der Waals surface area contributed by atoms with Gasteiger partial charge in [0, 0.05) is 53.0 Å². The smallest absolute Gasteiger partial charge is 0.116 e. The van der Waals surface area contributed by atoms with Crippen molar-refractivity contribution in [3.63, 3.8) is 0 Å². The van der Waals surface area contributed by atoms with Gasteiger partial charge in [-0.05, 0) is 86.0 Å². The first-order valence-corrected chi connectivity index (χ1v) is 13.1. The van der Waals surface area contributed by atoms with Gasteiger partial charge in [-0.2, -0.15) is 0 Å². The highest BCUT2D eigenvalue weighted by atomic mass is 16.3. The first-order chi connectivity index (χ1) is 16.7. The maximum atomic E-state index is 10.1. The van der Waals surface area contributed by atoms with Gasteiger partial charge in [-0.25, -0.2) is 0 Å². The quantitative estimate of drug-likeness (QED) is 0.459. The van der Waals surface area contributed by atoms with Crippen molar-refractivity contribution >= 4 is 16.6 Å². The fraction of sp³-hybridized carbons (Fsp3) is 0.448. The number of phenols is 1. The predicted octanol–water partition coefficient (Wildman–Crippen LogP) is 4.80. The summed E-state index contributed by atoms with van der Waals surface area (Å²) in [4.78, 5) is 9.15. The van der Waals surface area contributed by atoms with E-state index in [0.29, 0.717) is 41.8 Å². The Labute approximate surface area is 200 Å². The number of aromatic amines is 1. The van der Waals surface area contributed by atoms with Crippen molar-refractivity contribution in [2.45, 2.75) is 62.7 Å². The van der Waals surface area contributed by atoms with Crippen LogP contribution in [0.5, 0.6) is 5.75 Å². The number of anilines is 1. The molecule has 0 spiro atoms. The van der Waals surface area contributed by atoms with Crippen molar-refractivity contribution in [1.82, 2.24) is 15.2 Å². The zero-order valence-electron chi connectivity index (χ0n) is 19.7. The van der Waals surface area contributed by atoms with Crippen LogP contribution in [0.4, 0.5) is 5.69 Å². The molecule has 2 fully saturated rings. The third-order valence-electron chi connectivity index (χ3n) is 9.63. The van der Waals surface area contributed by atoms with Crippen LogP contribution in [0.15, 0.2) is 54.2 Å². The van der Waals surface area contributed by atoms with Gasteiger partial charge in [-0.1, -0.05) is 18.2 Å². The maximum Gasteiger partial charge on any atom is 0.116 e. The van der Waals surface area contributed by atoms with Crippen molar-refractivity contribution in [2.24, 2.45) is 5.92 Å². The van der Waals surface area contributed by atoms with Crippen LogP contribution in [0.3, 0.4) is 0 Å². The van der Waals surface area contributed by atoms with Crippen LogP contribution in [-0.4, -0.2) is 46.2 Å². The van der Waals surface area contributed by atoms with E-state index < -0.39 is 0 Å². The number of hydrogen-bond donors (Lipinski definition) is 3. The number of nitrogens with zero attached hydrogens (tertiary/aromatic N) is 2. The van der Waals surface area contributed by atoms with Crippen molar-refractivity contribution < 1.29 is 5.11 Å². The van der Waals surface area contributed by atoms with Crippen LogP contribution in [0.1, 0.15) is 55.0 Å². The standard InChI is InChI=1S/C29H32N4O/c1-16-23-15-32-11-9-20-22-14-18(34)6-7-24(22)31-28(20)27(32)13-17(23)12-25-29-21(8-10-30-25)19-4-2-3-5-26(19)33(16)29/h2-7,14-17,21,25,27,29-31,34H,8-13H2,1H3. The first-order valence-electron chi connectivity index (χ1n) is 13.1. The normalized spacial score (nSPS) is 33.4. The highest BCUT2D eigenvalue weighted by molar-refractivity contribution is 5.86. The minimum Gasteiger partial charge on any atom is -0.508 e. The fourth-order valence-corrected chi connectivity index (χ4v) is 8.24. The van der Waals surface area contributed by atoms with Crippen molar-refractivity contribution in [1.29, 1.82) is 0 Å². The molecule has 5 aliphatic heterocycles. The van der Waals surface area contributed by atoms with E-state index in [4.69, 9.17) is 0 Å². The summed E-state index contributed by atoms with van der Waals surface area (Å²) < 4.78 is 0. The Morgan fingerprint density at radius 1 is 1.09 bits per heavy atom. The van der Waals surface area contributed by atoms with Crippen LogP contribution < -0.4 is 10.2 Å².